The number of amides is 1. The van der Waals surface area contributed by atoms with Gasteiger partial charge in [-0.3, -0.25) is 4.79 Å². The summed E-state index contributed by atoms with van der Waals surface area (Å²) in [6.07, 6.45) is 2.33. The summed E-state index contributed by atoms with van der Waals surface area (Å²) in [4.78, 5) is 14.0. The molecule has 3 rings (SSSR count). The van der Waals surface area contributed by atoms with Gasteiger partial charge in [0.25, 0.3) is 5.91 Å². The van der Waals surface area contributed by atoms with E-state index in [2.05, 4.69) is 5.32 Å². The van der Waals surface area contributed by atoms with Crippen LogP contribution in [0.2, 0.25) is 0 Å². The zero-order chi connectivity index (χ0) is 12.7. The van der Waals surface area contributed by atoms with Crippen LogP contribution in [-0.2, 0) is 4.74 Å². The zero-order valence-electron chi connectivity index (χ0n) is 10.4. The summed E-state index contributed by atoms with van der Waals surface area (Å²) < 4.78 is 5.71. The number of fused-ring (bicyclic) bond motifs is 1. The summed E-state index contributed by atoms with van der Waals surface area (Å²) >= 11 is 1.51. The first-order chi connectivity index (χ1) is 8.66. The normalized spacial score (nSPS) is 34.6. The minimum absolute atomic E-state index is 0.0230. The first-order valence-corrected chi connectivity index (χ1v) is 7.23. The number of thiophene rings is 1. The molecule has 4 nitrogen and oxygen atoms in total. The predicted octanol–water partition coefficient (Wildman–Crippen LogP) is 1.29. The Morgan fingerprint density at radius 2 is 2.39 bits per heavy atom. The van der Waals surface area contributed by atoms with E-state index >= 15 is 0 Å². The Labute approximate surface area is 111 Å². The number of carbonyl (C=O) groups excluding carboxylic acids is 1. The molecule has 1 saturated heterocycles. The van der Waals surface area contributed by atoms with E-state index in [-0.39, 0.29) is 24.1 Å². The fourth-order valence-electron chi connectivity index (χ4n) is 2.91. The van der Waals surface area contributed by atoms with Gasteiger partial charge in [-0.05, 0) is 31.9 Å². The number of ether oxygens (including phenoxy) is 1. The van der Waals surface area contributed by atoms with Gasteiger partial charge in [-0.25, -0.2) is 0 Å². The number of hydrogen-bond acceptors (Lipinski definition) is 4. The van der Waals surface area contributed by atoms with Crippen molar-refractivity contribution in [2.24, 2.45) is 11.7 Å². The quantitative estimate of drug-likeness (QED) is 0.848. The second-order valence-electron chi connectivity index (χ2n) is 5.13. The van der Waals surface area contributed by atoms with Crippen molar-refractivity contribution in [1.82, 2.24) is 5.32 Å². The van der Waals surface area contributed by atoms with E-state index in [4.69, 9.17) is 10.5 Å². The highest BCUT2D eigenvalue weighted by molar-refractivity contribution is 7.13. The van der Waals surface area contributed by atoms with Gasteiger partial charge < -0.3 is 15.8 Å². The molecule has 0 spiro atoms. The van der Waals surface area contributed by atoms with Gasteiger partial charge in [0.1, 0.15) is 0 Å². The van der Waals surface area contributed by atoms with Crippen LogP contribution in [0, 0.1) is 12.8 Å². The first kappa shape index (κ1) is 12.1. The Balaban J connectivity index is 1.64. The minimum Gasteiger partial charge on any atom is -0.376 e. The lowest BCUT2D eigenvalue weighted by Gasteiger charge is -2.52. The number of nitrogens with one attached hydrogen (secondary N) is 1. The number of aryl methyl sites for hydroxylation is 1. The van der Waals surface area contributed by atoms with E-state index < -0.39 is 0 Å². The van der Waals surface area contributed by atoms with Gasteiger partial charge in [-0.15, -0.1) is 11.3 Å². The van der Waals surface area contributed by atoms with Gasteiger partial charge in [-0.1, -0.05) is 0 Å². The average Bonchev–Trinajstić information content (AvgIpc) is 2.82. The molecule has 98 valence electrons. The van der Waals surface area contributed by atoms with Crippen LogP contribution in [0.4, 0.5) is 0 Å². The third-order valence-corrected chi connectivity index (χ3v) is 4.94. The molecule has 1 aliphatic carbocycles. The van der Waals surface area contributed by atoms with Crippen molar-refractivity contribution in [3.8, 4) is 0 Å². The van der Waals surface area contributed by atoms with E-state index in [0.717, 1.165) is 29.2 Å². The highest BCUT2D eigenvalue weighted by Gasteiger charge is 2.51. The Kier molecular flexibility index (Phi) is 3.13. The molecule has 4 unspecified atom stereocenters. The lowest BCUT2D eigenvalue weighted by Crippen LogP contribution is -2.72. The van der Waals surface area contributed by atoms with E-state index in [1.165, 1.54) is 11.3 Å². The van der Waals surface area contributed by atoms with Crippen LogP contribution in [0.25, 0.3) is 0 Å². The Bertz CT molecular complexity index is 460. The van der Waals surface area contributed by atoms with Gasteiger partial charge in [0.05, 0.1) is 17.0 Å². The van der Waals surface area contributed by atoms with Crippen molar-refractivity contribution in [2.45, 2.75) is 38.0 Å². The summed E-state index contributed by atoms with van der Waals surface area (Å²) in [5.74, 6) is 0.398. The molecule has 1 saturated carbocycles. The van der Waals surface area contributed by atoms with Crippen LogP contribution in [0.5, 0.6) is 0 Å². The van der Waals surface area contributed by atoms with E-state index in [9.17, 15) is 4.79 Å². The second-order valence-corrected chi connectivity index (χ2v) is 6.42. The topological polar surface area (TPSA) is 64.4 Å². The smallest absolute Gasteiger partial charge is 0.261 e. The molecule has 1 aromatic rings. The van der Waals surface area contributed by atoms with Crippen LogP contribution >= 0.6 is 11.3 Å². The third kappa shape index (κ3) is 1.96. The monoisotopic (exact) mass is 266 g/mol. The lowest BCUT2D eigenvalue weighted by atomic mass is 9.68. The van der Waals surface area contributed by atoms with E-state index in [1.807, 2.05) is 19.1 Å². The van der Waals surface area contributed by atoms with Crippen LogP contribution in [0.3, 0.4) is 0 Å². The fraction of sp³-hybridized carbons (Fsp3) is 0.615. The van der Waals surface area contributed by atoms with Crippen molar-refractivity contribution < 1.29 is 9.53 Å². The van der Waals surface area contributed by atoms with Crippen LogP contribution in [-0.4, -0.2) is 30.7 Å². The molecule has 0 bridgehead atoms. The maximum absolute atomic E-state index is 12.1. The molecular formula is C13H18N2O2S. The highest BCUT2D eigenvalue weighted by atomic mass is 32.1. The third-order valence-electron chi connectivity index (χ3n) is 3.94. The second kappa shape index (κ2) is 4.64. The molecule has 5 heteroatoms. The molecule has 0 aromatic carbocycles. The Morgan fingerprint density at radius 3 is 3.11 bits per heavy atom. The number of hydrogen-bond donors (Lipinski definition) is 2. The zero-order valence-corrected chi connectivity index (χ0v) is 11.2. The summed E-state index contributed by atoms with van der Waals surface area (Å²) in [6.45, 7) is 2.79. The van der Waals surface area contributed by atoms with Gasteiger partial charge in [0, 0.05) is 23.4 Å². The van der Waals surface area contributed by atoms with Crippen molar-refractivity contribution in [3.05, 3.63) is 21.9 Å². The summed E-state index contributed by atoms with van der Waals surface area (Å²) in [7, 11) is 0. The fourth-order valence-corrected chi connectivity index (χ4v) is 3.68. The molecule has 1 aromatic heterocycles. The van der Waals surface area contributed by atoms with Crippen molar-refractivity contribution in [1.29, 1.82) is 0 Å². The van der Waals surface area contributed by atoms with Crippen molar-refractivity contribution in [2.75, 3.05) is 6.61 Å². The molecule has 3 N–H and O–H groups in total. The van der Waals surface area contributed by atoms with Gasteiger partial charge >= 0.3 is 0 Å². The average molecular weight is 266 g/mol. The summed E-state index contributed by atoms with van der Waals surface area (Å²) in [5.41, 5.74) is 6.12. The molecule has 1 amide bonds. The molecule has 18 heavy (non-hydrogen) atoms. The molecule has 2 heterocycles. The SMILES string of the molecule is Cc1ccc(C(=O)NC2C(N)C3CCCOC32)s1. The predicted molar refractivity (Wildman–Crippen MR) is 70.7 cm³/mol. The number of nitrogens with two attached hydrogens (primary N) is 1. The molecule has 1 aliphatic heterocycles. The van der Waals surface area contributed by atoms with Crippen LogP contribution in [0.1, 0.15) is 27.4 Å². The maximum atomic E-state index is 12.1. The minimum atomic E-state index is -0.0267. The molecule has 2 fully saturated rings. The lowest BCUT2D eigenvalue weighted by molar-refractivity contribution is -0.117. The van der Waals surface area contributed by atoms with Crippen molar-refractivity contribution in [3.63, 3.8) is 0 Å². The van der Waals surface area contributed by atoms with E-state index in [0.29, 0.717) is 5.92 Å². The standard InChI is InChI=1S/C13H18N2O2S/c1-7-4-5-9(18-7)13(16)15-11-10(14)8-3-2-6-17-12(8)11/h4-5,8,10-12H,2-3,6,14H2,1H3,(H,15,16). The summed E-state index contributed by atoms with van der Waals surface area (Å²) in [6, 6.07) is 3.84. The van der Waals surface area contributed by atoms with Gasteiger partial charge in [0.2, 0.25) is 0 Å². The first-order valence-electron chi connectivity index (χ1n) is 6.41. The van der Waals surface area contributed by atoms with Gasteiger partial charge in [0.15, 0.2) is 0 Å². The molecule has 2 aliphatic rings. The van der Waals surface area contributed by atoms with E-state index in [1.54, 1.807) is 0 Å². The largest absolute Gasteiger partial charge is 0.376 e. The number of rotatable bonds is 2. The number of carbonyl (C=O) groups is 1. The summed E-state index contributed by atoms with van der Waals surface area (Å²) in [5, 5.41) is 3.02. The van der Waals surface area contributed by atoms with Gasteiger partial charge in [-0.2, -0.15) is 0 Å². The van der Waals surface area contributed by atoms with Crippen LogP contribution < -0.4 is 11.1 Å². The molecule has 0 radical (unpaired) electrons. The van der Waals surface area contributed by atoms with Crippen molar-refractivity contribution >= 4 is 17.2 Å². The molecular weight excluding hydrogens is 248 g/mol. The van der Waals surface area contributed by atoms with Crippen LogP contribution in [0.15, 0.2) is 12.1 Å². The molecule has 4 atom stereocenters. The maximum Gasteiger partial charge on any atom is 0.261 e. The Morgan fingerprint density at radius 1 is 1.56 bits per heavy atom. The highest BCUT2D eigenvalue weighted by Crippen LogP contribution is 2.37. The Hall–Kier alpha value is -0.910.